The van der Waals surface area contributed by atoms with Crippen molar-refractivity contribution < 1.29 is 19.8 Å². The Morgan fingerprint density at radius 2 is 1.45 bits per heavy atom. The van der Waals surface area contributed by atoms with Gasteiger partial charge in [-0.15, -0.1) is 0 Å². The molecule has 47 heavy (non-hydrogen) atoms. The van der Waals surface area contributed by atoms with E-state index in [0.717, 1.165) is 13.8 Å². The number of aliphatic imine (C=N–C) groups is 2. The van der Waals surface area contributed by atoms with Gasteiger partial charge in [-0.2, -0.15) is 0 Å². The van der Waals surface area contributed by atoms with Gasteiger partial charge in [0.2, 0.25) is 5.72 Å². The van der Waals surface area contributed by atoms with Gasteiger partial charge >= 0.3 is 0 Å². The summed E-state index contributed by atoms with van der Waals surface area (Å²) in [5.74, 6) is -3.19. The first kappa shape index (κ1) is 34.2. The molecule has 250 valence electrons. The van der Waals surface area contributed by atoms with Crippen LogP contribution >= 0.6 is 31.9 Å². The number of likely N-dealkylation sites (tertiary alicyclic amines) is 1. The molecule has 4 aromatic rings. The van der Waals surface area contributed by atoms with E-state index in [2.05, 4.69) is 57.1 Å². The van der Waals surface area contributed by atoms with Gasteiger partial charge in [-0.25, -0.2) is 0 Å². The van der Waals surface area contributed by atoms with Crippen molar-refractivity contribution in [2.45, 2.75) is 42.9 Å². The van der Waals surface area contributed by atoms with Crippen LogP contribution in [0.15, 0.2) is 67.7 Å². The molecule has 0 spiro atoms. The van der Waals surface area contributed by atoms with Crippen molar-refractivity contribution >= 4 is 77.4 Å². The van der Waals surface area contributed by atoms with Crippen molar-refractivity contribution in [1.82, 2.24) is 20.2 Å². The number of carbonyl (C=O) groups is 2. The molecule has 2 amide bonds. The number of nitrogens with two attached hydrogens (primary N) is 4. The van der Waals surface area contributed by atoms with E-state index in [-0.39, 0.29) is 37.1 Å². The monoisotopic (exact) mass is 772 g/mol. The van der Waals surface area contributed by atoms with E-state index in [9.17, 15) is 19.8 Å². The lowest BCUT2D eigenvalue weighted by molar-refractivity contribution is -0.167. The van der Waals surface area contributed by atoms with Crippen LogP contribution in [-0.2, 0) is 15.2 Å². The Labute approximate surface area is 287 Å². The number of halogens is 2. The van der Waals surface area contributed by atoms with Gasteiger partial charge in [-0.05, 0) is 55.5 Å². The molecule has 0 bridgehead atoms. The molecule has 3 atom stereocenters. The standard InChI is InChI=1S/C31H38Br2N10O4/c32-17-5-7-19-21(15-41-23(19)13-17)25-30(46,22-16-42-24-14-18(33)6-8-20(22)24)27(45)43(12-4-3-11-40-29(36)37)31(25,47)26(44)38-9-1-2-10-39-28(34)35/h5-8,13-16,25,41-42,46-47H,1-4,9-12H2,(H,38,44)(H4,34,35,39)(H4,36,37,40)/t25-,30-,31+/m1/s1. The number of nitrogens with zero attached hydrogens (tertiary/aromatic N) is 3. The Kier molecular flexibility index (Phi) is 10.1. The number of amides is 2. The number of hydrogen-bond donors (Lipinski definition) is 9. The summed E-state index contributed by atoms with van der Waals surface area (Å²) in [6, 6.07) is 10.9. The van der Waals surface area contributed by atoms with E-state index in [4.69, 9.17) is 22.9 Å². The van der Waals surface area contributed by atoms with E-state index in [1.54, 1.807) is 24.5 Å². The second-order valence-electron chi connectivity index (χ2n) is 11.5. The van der Waals surface area contributed by atoms with Crippen LogP contribution in [0, 0.1) is 0 Å². The predicted octanol–water partition coefficient (Wildman–Crippen LogP) is 1.90. The third kappa shape index (κ3) is 6.54. The normalized spacial score (nSPS) is 21.0. The Bertz CT molecular complexity index is 1850. The van der Waals surface area contributed by atoms with Gasteiger partial charge in [0.25, 0.3) is 11.8 Å². The summed E-state index contributed by atoms with van der Waals surface area (Å²) in [5, 5.41) is 29.7. The van der Waals surface area contributed by atoms with Crippen LogP contribution in [-0.4, -0.2) is 80.7 Å². The van der Waals surface area contributed by atoms with Crippen LogP contribution in [0.25, 0.3) is 21.8 Å². The molecule has 1 aliphatic heterocycles. The van der Waals surface area contributed by atoms with E-state index < -0.39 is 29.1 Å². The molecule has 1 aliphatic rings. The first-order valence-corrected chi connectivity index (χ1v) is 16.7. The molecule has 0 unspecified atom stereocenters. The molecule has 13 N–H and O–H groups in total. The lowest BCUT2D eigenvalue weighted by Gasteiger charge is -2.37. The van der Waals surface area contributed by atoms with E-state index >= 15 is 0 Å². The van der Waals surface area contributed by atoms with Gasteiger partial charge in [0.15, 0.2) is 17.5 Å². The summed E-state index contributed by atoms with van der Waals surface area (Å²) in [7, 11) is 0. The molecule has 1 fully saturated rings. The fourth-order valence-corrected chi connectivity index (χ4v) is 7.03. The van der Waals surface area contributed by atoms with Crippen LogP contribution < -0.4 is 28.3 Å². The van der Waals surface area contributed by atoms with Crippen molar-refractivity contribution in [3.8, 4) is 0 Å². The third-order valence-electron chi connectivity index (χ3n) is 8.43. The van der Waals surface area contributed by atoms with Crippen molar-refractivity contribution in [1.29, 1.82) is 0 Å². The second kappa shape index (κ2) is 13.9. The molecule has 0 aliphatic carbocycles. The maximum atomic E-state index is 14.7. The summed E-state index contributed by atoms with van der Waals surface area (Å²) < 4.78 is 1.59. The smallest absolute Gasteiger partial charge is 0.274 e. The summed E-state index contributed by atoms with van der Waals surface area (Å²) >= 11 is 6.95. The van der Waals surface area contributed by atoms with E-state index in [1.165, 1.54) is 0 Å². The van der Waals surface area contributed by atoms with Crippen molar-refractivity contribution in [2.24, 2.45) is 32.9 Å². The summed E-state index contributed by atoms with van der Waals surface area (Å²) in [6.07, 6.45) is 5.04. The summed E-state index contributed by atoms with van der Waals surface area (Å²) in [4.78, 5) is 44.3. The second-order valence-corrected chi connectivity index (χ2v) is 13.3. The minimum absolute atomic E-state index is 0.0270. The summed E-state index contributed by atoms with van der Waals surface area (Å²) in [6.45, 7) is 0.759. The molecule has 16 heteroatoms. The first-order chi connectivity index (χ1) is 22.4. The highest BCUT2D eigenvalue weighted by molar-refractivity contribution is 9.10. The highest BCUT2D eigenvalue weighted by Gasteiger charge is 2.71. The van der Waals surface area contributed by atoms with Crippen LogP contribution in [0.4, 0.5) is 0 Å². The molecular weight excluding hydrogens is 736 g/mol. The zero-order valence-corrected chi connectivity index (χ0v) is 28.6. The van der Waals surface area contributed by atoms with Gasteiger partial charge in [0, 0.05) is 74.9 Å². The molecule has 0 saturated carbocycles. The number of guanidine groups is 2. The van der Waals surface area contributed by atoms with E-state index in [1.807, 2.05) is 24.3 Å². The third-order valence-corrected chi connectivity index (χ3v) is 9.41. The Morgan fingerprint density at radius 1 is 0.872 bits per heavy atom. The molecule has 2 aromatic heterocycles. The topological polar surface area (TPSA) is 250 Å². The fraction of sp³-hybridized carbons (Fsp3) is 0.355. The molecular formula is C31H38Br2N10O4. The lowest BCUT2D eigenvalue weighted by atomic mass is 9.74. The van der Waals surface area contributed by atoms with Crippen LogP contribution in [0.3, 0.4) is 0 Å². The van der Waals surface area contributed by atoms with Crippen molar-refractivity contribution in [2.75, 3.05) is 26.2 Å². The minimum atomic E-state index is -2.51. The number of aromatic amines is 2. The number of nitrogens with one attached hydrogen (secondary N) is 3. The van der Waals surface area contributed by atoms with Crippen molar-refractivity contribution in [3.63, 3.8) is 0 Å². The van der Waals surface area contributed by atoms with Crippen LogP contribution in [0.2, 0.25) is 0 Å². The summed E-state index contributed by atoms with van der Waals surface area (Å²) in [5.41, 5.74) is 18.8. The average molecular weight is 775 g/mol. The highest BCUT2D eigenvalue weighted by atomic mass is 79.9. The number of hydrogen-bond acceptors (Lipinski definition) is 6. The van der Waals surface area contributed by atoms with Gasteiger partial charge in [0.1, 0.15) is 0 Å². The first-order valence-electron chi connectivity index (χ1n) is 15.1. The Balaban J connectivity index is 1.63. The van der Waals surface area contributed by atoms with Gasteiger partial charge in [-0.3, -0.25) is 19.6 Å². The predicted molar refractivity (Wildman–Crippen MR) is 188 cm³/mol. The van der Waals surface area contributed by atoms with Crippen molar-refractivity contribution in [3.05, 3.63) is 68.9 Å². The fourth-order valence-electron chi connectivity index (χ4n) is 6.31. The number of aliphatic hydroxyl groups is 2. The number of benzene rings is 2. The zero-order valence-electron chi connectivity index (χ0n) is 25.5. The largest absolute Gasteiger partial charge is 0.375 e. The molecule has 0 radical (unpaired) electrons. The van der Waals surface area contributed by atoms with Crippen LogP contribution in [0.5, 0.6) is 0 Å². The minimum Gasteiger partial charge on any atom is -0.375 e. The van der Waals surface area contributed by atoms with Crippen LogP contribution in [0.1, 0.15) is 42.7 Å². The molecule has 14 nitrogen and oxygen atoms in total. The average Bonchev–Trinajstić information content (AvgIpc) is 3.67. The highest BCUT2D eigenvalue weighted by Crippen LogP contribution is 2.55. The SMILES string of the molecule is NC(N)=NCCCCNC(=O)[C@@]1(O)[C@H](c2c[nH]c3cc(Br)ccc23)[C@](O)(c2c[nH]c3cc(Br)ccc23)C(=O)N1CCCCN=C(N)N. The molecule has 1 saturated heterocycles. The quantitative estimate of drug-likeness (QED) is 0.0550. The van der Waals surface area contributed by atoms with Gasteiger partial charge in [-0.1, -0.05) is 44.0 Å². The molecule has 2 aromatic carbocycles. The maximum Gasteiger partial charge on any atom is 0.274 e. The molecule has 5 rings (SSSR count). The Hall–Kier alpha value is -4.12. The van der Waals surface area contributed by atoms with Gasteiger partial charge in [0.05, 0.1) is 5.92 Å². The number of carbonyl (C=O) groups excluding carboxylic acids is 2. The van der Waals surface area contributed by atoms with Gasteiger partial charge < -0.3 is 53.3 Å². The lowest BCUT2D eigenvalue weighted by Crippen LogP contribution is -2.59. The Morgan fingerprint density at radius 3 is 2.09 bits per heavy atom. The number of rotatable bonds is 13. The number of unbranched alkanes of at least 4 members (excludes halogenated alkanes) is 2. The van der Waals surface area contributed by atoms with E-state index in [0.29, 0.717) is 59.6 Å². The maximum absolute atomic E-state index is 14.7. The molecule has 3 heterocycles. The number of fused-ring (bicyclic) bond motifs is 2. The number of aromatic nitrogens is 2. The zero-order chi connectivity index (χ0) is 33.9. The number of H-pyrrole nitrogens is 2.